The maximum absolute atomic E-state index is 13.3. The molecule has 1 saturated heterocycles. The molecule has 5 unspecified atom stereocenters. The molecule has 2 bridgehead atoms. The molecule has 0 aromatic rings. The van der Waals surface area contributed by atoms with Gasteiger partial charge in [0.15, 0.2) is 0 Å². The van der Waals surface area contributed by atoms with Gasteiger partial charge in [0.1, 0.15) is 11.5 Å². The van der Waals surface area contributed by atoms with E-state index in [1.807, 2.05) is 0 Å². The van der Waals surface area contributed by atoms with E-state index in [0.29, 0.717) is 23.7 Å². The minimum absolute atomic E-state index is 0.000307. The van der Waals surface area contributed by atoms with Crippen molar-refractivity contribution in [2.45, 2.75) is 85.5 Å². The molecule has 4 heteroatoms. The quantitative estimate of drug-likeness (QED) is 0.401. The van der Waals surface area contributed by atoms with Gasteiger partial charge in [-0.2, -0.15) is 0 Å². The van der Waals surface area contributed by atoms with E-state index in [1.54, 1.807) is 0 Å². The van der Waals surface area contributed by atoms with Gasteiger partial charge in [-0.3, -0.25) is 0 Å². The van der Waals surface area contributed by atoms with E-state index in [2.05, 4.69) is 45.9 Å². The monoisotopic (exact) mass is 450 g/mol. The van der Waals surface area contributed by atoms with Gasteiger partial charge in [-0.1, -0.05) is 46.6 Å². The molecule has 0 aromatic heterocycles. The van der Waals surface area contributed by atoms with Gasteiger partial charge < -0.3 is 9.47 Å². The number of unbranched alkanes of at least 4 members (excludes halogenated alkanes) is 1. The molecule has 6 rings (SSSR count). The Morgan fingerprint density at radius 3 is 2.67 bits per heavy atom. The summed E-state index contributed by atoms with van der Waals surface area (Å²) in [4.78, 5) is 26.4. The number of rotatable bonds is 7. The predicted octanol–water partition coefficient (Wildman–Crippen LogP) is 6.79. The highest BCUT2D eigenvalue weighted by Crippen LogP contribution is 2.68. The largest absolute Gasteiger partial charge is 0.427 e. The van der Waals surface area contributed by atoms with Gasteiger partial charge in [-0.15, -0.1) is 0 Å². The van der Waals surface area contributed by atoms with Gasteiger partial charge in [0, 0.05) is 22.6 Å². The number of fused-ring (bicyclic) bond motifs is 1. The first-order valence-electron chi connectivity index (χ1n) is 13.2. The second-order valence-electron chi connectivity index (χ2n) is 11.1. The molecule has 0 amide bonds. The number of carbonyl (C=O) groups excluding carboxylic acids is 2. The Balaban J connectivity index is 1.61. The summed E-state index contributed by atoms with van der Waals surface area (Å²) in [7, 11) is 0. The fourth-order valence-electron chi connectivity index (χ4n) is 7.14. The summed E-state index contributed by atoms with van der Waals surface area (Å²) >= 11 is 0. The highest BCUT2D eigenvalue weighted by molar-refractivity contribution is 5.99. The van der Waals surface area contributed by atoms with Gasteiger partial charge in [0.25, 0.3) is 0 Å². The van der Waals surface area contributed by atoms with Crippen molar-refractivity contribution in [2.75, 3.05) is 0 Å². The molecule has 2 aliphatic heterocycles. The maximum atomic E-state index is 13.3. The maximum Gasteiger partial charge on any atom is 0.340 e. The van der Waals surface area contributed by atoms with E-state index < -0.39 is 5.41 Å². The zero-order valence-corrected chi connectivity index (χ0v) is 20.6. The molecule has 1 saturated carbocycles. The molecule has 0 aromatic carbocycles. The number of allylic oxidation sites excluding steroid dienone is 5. The van der Waals surface area contributed by atoms with Gasteiger partial charge in [0.2, 0.25) is 0 Å². The first kappa shape index (κ1) is 22.7. The third kappa shape index (κ3) is 3.47. The lowest BCUT2D eigenvalue weighted by atomic mass is 9.46. The zero-order chi connectivity index (χ0) is 23.3. The second-order valence-corrected chi connectivity index (χ2v) is 11.1. The van der Waals surface area contributed by atoms with Crippen LogP contribution in [0.25, 0.3) is 0 Å². The minimum Gasteiger partial charge on any atom is -0.427 e. The van der Waals surface area contributed by atoms with Crippen molar-refractivity contribution in [3.63, 3.8) is 0 Å². The Bertz CT molecular complexity index is 978. The van der Waals surface area contributed by atoms with Crippen molar-refractivity contribution in [3.05, 3.63) is 46.5 Å². The Morgan fingerprint density at radius 1 is 1.12 bits per heavy atom. The van der Waals surface area contributed by atoms with Crippen LogP contribution in [-0.2, 0) is 19.1 Å². The van der Waals surface area contributed by atoms with Crippen LogP contribution in [0.4, 0.5) is 0 Å². The van der Waals surface area contributed by atoms with Crippen LogP contribution in [0.15, 0.2) is 46.5 Å². The summed E-state index contributed by atoms with van der Waals surface area (Å²) in [6.07, 6.45) is 15.7. The SMILES string of the molecule is CCCC=C1OC(=O)C2=C1CCC1C3C=C4C(=O)OC(=CC(CC)CCC(C)C)C4(CC3)C21. The van der Waals surface area contributed by atoms with Crippen molar-refractivity contribution >= 4 is 11.9 Å². The van der Waals surface area contributed by atoms with Gasteiger partial charge in [-0.05, 0) is 80.8 Å². The molecule has 6 aliphatic rings. The number of ether oxygens (including phenoxy) is 2. The van der Waals surface area contributed by atoms with Crippen LogP contribution < -0.4 is 0 Å². The van der Waals surface area contributed by atoms with Crippen LogP contribution in [0.1, 0.15) is 85.5 Å². The van der Waals surface area contributed by atoms with Gasteiger partial charge >= 0.3 is 11.9 Å². The lowest BCUT2D eigenvalue weighted by Crippen LogP contribution is -2.50. The Labute approximate surface area is 198 Å². The average molecular weight is 451 g/mol. The topological polar surface area (TPSA) is 52.6 Å². The Morgan fingerprint density at radius 2 is 1.94 bits per heavy atom. The number of hydrogen-bond donors (Lipinski definition) is 0. The first-order chi connectivity index (χ1) is 15.9. The average Bonchev–Trinajstić information content (AvgIpc) is 3.29. The summed E-state index contributed by atoms with van der Waals surface area (Å²) in [6, 6.07) is 0. The molecule has 5 atom stereocenters. The zero-order valence-electron chi connectivity index (χ0n) is 20.6. The predicted molar refractivity (Wildman–Crippen MR) is 128 cm³/mol. The van der Waals surface area contributed by atoms with Crippen LogP contribution in [0, 0.1) is 35.0 Å². The number of carbonyl (C=O) groups is 2. The summed E-state index contributed by atoms with van der Waals surface area (Å²) in [6.45, 7) is 8.87. The highest BCUT2D eigenvalue weighted by atomic mass is 16.5. The lowest BCUT2D eigenvalue weighted by Gasteiger charge is -2.54. The number of hydrogen-bond acceptors (Lipinski definition) is 4. The van der Waals surface area contributed by atoms with E-state index in [1.165, 1.54) is 0 Å². The molecule has 0 N–H and O–H groups in total. The molecular formula is C29H38O4. The Hall–Kier alpha value is -2.10. The number of cyclic esters (lactones) is 2. The van der Waals surface area contributed by atoms with E-state index in [-0.39, 0.29) is 17.9 Å². The Kier molecular flexibility index (Phi) is 5.91. The molecule has 2 fully saturated rings. The molecule has 33 heavy (non-hydrogen) atoms. The van der Waals surface area contributed by atoms with Crippen molar-refractivity contribution in [1.82, 2.24) is 0 Å². The normalized spacial score (nSPS) is 35.5. The molecule has 4 aliphatic carbocycles. The van der Waals surface area contributed by atoms with Crippen LogP contribution in [-0.4, -0.2) is 11.9 Å². The van der Waals surface area contributed by atoms with Crippen LogP contribution in [0.2, 0.25) is 0 Å². The smallest absolute Gasteiger partial charge is 0.340 e. The minimum atomic E-state index is -0.484. The van der Waals surface area contributed by atoms with E-state index in [9.17, 15) is 9.59 Å². The molecule has 0 radical (unpaired) electrons. The van der Waals surface area contributed by atoms with Gasteiger partial charge in [0.05, 0.1) is 5.41 Å². The third-order valence-electron chi connectivity index (χ3n) is 8.83. The van der Waals surface area contributed by atoms with Crippen LogP contribution in [0.5, 0.6) is 0 Å². The first-order valence-corrected chi connectivity index (χ1v) is 13.2. The van der Waals surface area contributed by atoms with E-state index in [0.717, 1.165) is 86.0 Å². The summed E-state index contributed by atoms with van der Waals surface area (Å²) < 4.78 is 11.9. The van der Waals surface area contributed by atoms with Crippen molar-refractivity contribution in [1.29, 1.82) is 0 Å². The van der Waals surface area contributed by atoms with E-state index >= 15 is 0 Å². The van der Waals surface area contributed by atoms with Crippen molar-refractivity contribution in [2.24, 2.45) is 35.0 Å². The number of esters is 2. The molecule has 4 nitrogen and oxygen atoms in total. The lowest BCUT2D eigenvalue weighted by molar-refractivity contribution is -0.135. The molecule has 1 spiro atoms. The standard InChI is InChI=1S/C29H38O4/c1-5-7-8-23-21-12-11-20-19-13-14-29(26(20)25(21)28(31)32-23)22(16-19)27(30)33-24(29)15-18(6-2)10-9-17(3)4/h8,15-20,26H,5-7,9-14H2,1-4H3. The van der Waals surface area contributed by atoms with Gasteiger partial charge in [-0.25, -0.2) is 9.59 Å². The fraction of sp³-hybridized carbons (Fsp3) is 0.655. The molecular weight excluding hydrogens is 412 g/mol. The fourth-order valence-corrected chi connectivity index (χ4v) is 7.14. The van der Waals surface area contributed by atoms with E-state index in [4.69, 9.17) is 9.47 Å². The highest BCUT2D eigenvalue weighted by Gasteiger charge is 2.66. The summed E-state index contributed by atoms with van der Waals surface area (Å²) in [5.74, 6) is 3.00. The summed E-state index contributed by atoms with van der Waals surface area (Å²) in [5.41, 5.74) is 2.28. The molecule has 2 heterocycles. The van der Waals surface area contributed by atoms with Crippen molar-refractivity contribution < 1.29 is 19.1 Å². The van der Waals surface area contributed by atoms with Crippen LogP contribution >= 0.6 is 0 Å². The summed E-state index contributed by atoms with van der Waals surface area (Å²) in [5, 5.41) is 0. The van der Waals surface area contributed by atoms with Crippen LogP contribution in [0.3, 0.4) is 0 Å². The third-order valence-corrected chi connectivity index (χ3v) is 8.83. The second kappa shape index (κ2) is 8.60. The molecule has 178 valence electrons. The van der Waals surface area contributed by atoms with Crippen molar-refractivity contribution in [3.8, 4) is 0 Å².